The van der Waals surface area contributed by atoms with Crippen molar-refractivity contribution >= 4 is 47.4 Å². The van der Waals surface area contributed by atoms with Gasteiger partial charge in [-0.25, -0.2) is 4.79 Å². The van der Waals surface area contributed by atoms with E-state index in [1.165, 1.54) is 0 Å². The molecule has 1 aliphatic heterocycles. The first kappa shape index (κ1) is 55.4. The van der Waals surface area contributed by atoms with Gasteiger partial charge in [0.15, 0.2) is 5.96 Å². The Morgan fingerprint density at radius 1 is 0.581 bits per heavy atom. The van der Waals surface area contributed by atoms with Gasteiger partial charge in [-0.2, -0.15) is 0 Å². The molecule has 7 unspecified atom stereocenters. The Hall–Kier alpha value is -4.64. The van der Waals surface area contributed by atoms with E-state index in [4.69, 9.17) is 34.1 Å². The van der Waals surface area contributed by atoms with Gasteiger partial charge in [-0.15, -0.1) is 0 Å². The summed E-state index contributed by atoms with van der Waals surface area (Å²) in [6.07, 6.45) is 6.57. The predicted octanol–water partition coefficient (Wildman–Crippen LogP) is -2.83. The van der Waals surface area contributed by atoms with E-state index in [-0.39, 0.29) is 50.5 Å². The second-order valence-electron chi connectivity index (χ2n) is 16.1. The number of carboxylic acid groups (broad SMARTS) is 1. The molecule has 1 rings (SSSR count). The molecule has 6 amide bonds. The molecular formula is C40H78N14O8. The summed E-state index contributed by atoms with van der Waals surface area (Å²) >= 11 is 0. The van der Waals surface area contributed by atoms with Gasteiger partial charge < -0.3 is 76.3 Å². The SMILES string of the molecule is CC(C)C(NC(=O)C(CCCCN)NC(=O)C(CCCNC(=N)N)NC(=O)C(CCCCN)NC(=O)C(CCCCN)NC(=O)C(CCCCN)NC(=O)C1CCCN1)C(=O)O. The number of rotatable bonds is 34. The lowest BCUT2D eigenvalue weighted by Gasteiger charge is -2.28. The maximum atomic E-state index is 14.1. The minimum atomic E-state index is -1.25. The van der Waals surface area contributed by atoms with E-state index >= 15 is 0 Å². The smallest absolute Gasteiger partial charge is 0.326 e. The van der Waals surface area contributed by atoms with Crippen molar-refractivity contribution in [2.45, 2.75) is 159 Å². The highest BCUT2D eigenvalue weighted by Crippen LogP contribution is 2.12. The minimum absolute atomic E-state index is 0.0214. The first-order valence-corrected chi connectivity index (χ1v) is 22.3. The molecule has 22 heteroatoms. The molecular weight excluding hydrogens is 805 g/mol. The van der Waals surface area contributed by atoms with Gasteiger partial charge in [0.25, 0.3) is 0 Å². The normalized spacial score (nSPS) is 16.5. The van der Waals surface area contributed by atoms with Crippen LogP contribution in [0, 0.1) is 11.3 Å². The number of amides is 6. The Bertz CT molecular complexity index is 1400. The Labute approximate surface area is 366 Å². The van der Waals surface area contributed by atoms with E-state index < -0.39 is 83.7 Å². The molecule has 20 N–H and O–H groups in total. The molecule has 0 aliphatic carbocycles. The van der Waals surface area contributed by atoms with E-state index in [1.807, 2.05) is 0 Å². The summed E-state index contributed by atoms with van der Waals surface area (Å²) in [6.45, 7) is 5.52. The molecule has 7 atom stereocenters. The van der Waals surface area contributed by atoms with Crippen molar-refractivity contribution in [2.75, 3.05) is 39.3 Å². The Morgan fingerprint density at radius 3 is 1.24 bits per heavy atom. The van der Waals surface area contributed by atoms with Gasteiger partial charge in [0.2, 0.25) is 35.4 Å². The zero-order valence-corrected chi connectivity index (χ0v) is 36.9. The van der Waals surface area contributed by atoms with E-state index in [9.17, 15) is 38.7 Å². The minimum Gasteiger partial charge on any atom is -0.480 e. The number of nitrogens with one attached hydrogen (secondary N) is 9. The molecule has 0 bridgehead atoms. The van der Waals surface area contributed by atoms with Gasteiger partial charge in [-0.1, -0.05) is 13.8 Å². The third-order valence-electron chi connectivity index (χ3n) is 10.5. The highest BCUT2D eigenvalue weighted by Gasteiger charge is 2.34. The lowest BCUT2D eigenvalue weighted by atomic mass is 10.0. The maximum absolute atomic E-state index is 14.1. The molecule has 1 aliphatic rings. The van der Waals surface area contributed by atoms with Crippen LogP contribution in [0.15, 0.2) is 0 Å². The summed E-state index contributed by atoms with van der Waals surface area (Å²) in [6, 6.07) is -7.30. The quantitative estimate of drug-likeness (QED) is 0.0176. The first-order chi connectivity index (χ1) is 29.6. The number of nitrogens with two attached hydrogens (primary N) is 5. The predicted molar refractivity (Wildman–Crippen MR) is 236 cm³/mol. The van der Waals surface area contributed by atoms with Crippen LogP contribution in [-0.4, -0.2) is 134 Å². The summed E-state index contributed by atoms with van der Waals surface area (Å²) in [5.74, 6) is -5.69. The van der Waals surface area contributed by atoms with Gasteiger partial charge in [0, 0.05) is 6.54 Å². The van der Waals surface area contributed by atoms with Gasteiger partial charge in [0.1, 0.15) is 36.3 Å². The van der Waals surface area contributed by atoms with Crippen LogP contribution in [0.5, 0.6) is 0 Å². The lowest BCUT2D eigenvalue weighted by molar-refractivity contribution is -0.143. The molecule has 1 fully saturated rings. The van der Waals surface area contributed by atoms with E-state index in [0.717, 1.165) is 6.42 Å². The van der Waals surface area contributed by atoms with Crippen LogP contribution in [0.3, 0.4) is 0 Å². The average molecular weight is 883 g/mol. The number of carbonyl (C=O) groups excluding carboxylic acids is 6. The molecule has 1 saturated heterocycles. The van der Waals surface area contributed by atoms with Gasteiger partial charge >= 0.3 is 5.97 Å². The van der Waals surface area contributed by atoms with Crippen LogP contribution in [0.1, 0.15) is 117 Å². The highest BCUT2D eigenvalue weighted by atomic mass is 16.4. The topological polar surface area (TPSA) is 390 Å². The van der Waals surface area contributed by atoms with Crippen LogP contribution in [-0.2, 0) is 33.6 Å². The number of carboxylic acids is 1. The third kappa shape index (κ3) is 22.5. The van der Waals surface area contributed by atoms with Crippen molar-refractivity contribution in [1.29, 1.82) is 5.41 Å². The van der Waals surface area contributed by atoms with Crippen LogP contribution < -0.4 is 71.2 Å². The Morgan fingerprint density at radius 2 is 0.935 bits per heavy atom. The van der Waals surface area contributed by atoms with Crippen LogP contribution in [0.2, 0.25) is 0 Å². The van der Waals surface area contributed by atoms with Gasteiger partial charge in [-0.05, 0) is 141 Å². The molecule has 1 heterocycles. The molecule has 0 aromatic heterocycles. The molecule has 22 nitrogen and oxygen atoms in total. The third-order valence-corrected chi connectivity index (χ3v) is 10.5. The number of hydrogen-bond donors (Lipinski definition) is 15. The molecule has 0 aromatic rings. The van der Waals surface area contributed by atoms with Crippen molar-refractivity contribution < 1.29 is 38.7 Å². The van der Waals surface area contributed by atoms with Crippen LogP contribution in [0.25, 0.3) is 0 Å². The zero-order valence-electron chi connectivity index (χ0n) is 36.9. The maximum Gasteiger partial charge on any atom is 0.326 e. The van der Waals surface area contributed by atoms with Crippen LogP contribution in [0.4, 0.5) is 0 Å². The monoisotopic (exact) mass is 883 g/mol. The highest BCUT2D eigenvalue weighted by molar-refractivity contribution is 5.97. The van der Waals surface area contributed by atoms with E-state index in [2.05, 4.69) is 42.5 Å². The second-order valence-corrected chi connectivity index (χ2v) is 16.1. The molecule has 0 radical (unpaired) electrons. The van der Waals surface area contributed by atoms with Crippen molar-refractivity contribution in [2.24, 2.45) is 34.6 Å². The summed E-state index contributed by atoms with van der Waals surface area (Å²) in [5.41, 5.74) is 28.3. The first-order valence-electron chi connectivity index (χ1n) is 22.3. The van der Waals surface area contributed by atoms with Gasteiger partial charge in [-0.3, -0.25) is 34.2 Å². The zero-order chi connectivity index (χ0) is 46.5. The van der Waals surface area contributed by atoms with Crippen LogP contribution >= 0.6 is 0 Å². The van der Waals surface area contributed by atoms with Crippen molar-refractivity contribution in [3.63, 3.8) is 0 Å². The summed E-state index contributed by atoms with van der Waals surface area (Å²) in [5, 5.41) is 39.3. The van der Waals surface area contributed by atoms with Gasteiger partial charge in [0.05, 0.1) is 6.04 Å². The van der Waals surface area contributed by atoms with Crippen molar-refractivity contribution in [3.05, 3.63) is 0 Å². The molecule has 62 heavy (non-hydrogen) atoms. The summed E-state index contributed by atoms with van der Waals surface area (Å²) in [4.78, 5) is 94.3. The standard InChI is InChI=1S/C40H78N14O8/c1-25(2)32(39(61)62)54-38(60)30(16-6-10-22-44)52-37(59)31(18-12-24-48-40(45)46)53-36(58)29(15-5-9-21-43)51-35(57)28(14-4-8-20-42)50-34(56)27(13-3-7-19-41)49-33(55)26-17-11-23-47-26/h25-32,47H,3-24,41-44H2,1-2H3,(H,49,55)(H,50,56)(H,51,57)(H,52,59)(H,53,58)(H,54,60)(H,61,62)(H4,45,46,48). The van der Waals surface area contributed by atoms with E-state index in [0.29, 0.717) is 96.9 Å². The fourth-order valence-electron chi connectivity index (χ4n) is 6.88. The average Bonchev–Trinajstić information content (AvgIpc) is 3.77. The van der Waals surface area contributed by atoms with Crippen molar-refractivity contribution in [3.8, 4) is 0 Å². The fraction of sp³-hybridized carbons (Fsp3) is 0.800. The second kappa shape index (κ2) is 32.1. The van der Waals surface area contributed by atoms with Crippen molar-refractivity contribution in [1.82, 2.24) is 42.5 Å². The Balaban J connectivity index is 3.41. The lowest BCUT2D eigenvalue weighted by Crippen LogP contribution is -2.60. The summed E-state index contributed by atoms with van der Waals surface area (Å²) < 4.78 is 0. The Kier molecular flexibility index (Phi) is 28.7. The number of hydrogen-bond acceptors (Lipinski definition) is 13. The summed E-state index contributed by atoms with van der Waals surface area (Å²) in [7, 11) is 0. The molecule has 0 saturated carbocycles. The molecule has 0 aromatic carbocycles. The largest absolute Gasteiger partial charge is 0.480 e. The number of unbranched alkanes of at least 4 members (excludes halogenated alkanes) is 4. The number of aliphatic carboxylic acids is 1. The number of carbonyl (C=O) groups is 7. The van der Waals surface area contributed by atoms with E-state index in [1.54, 1.807) is 13.8 Å². The molecule has 0 spiro atoms. The number of guanidine groups is 1. The molecule has 356 valence electrons. The fourth-order valence-corrected chi connectivity index (χ4v) is 6.88.